The third-order valence-electron chi connectivity index (χ3n) is 5.92. The average molecular weight is 456 g/mol. The van der Waals surface area contributed by atoms with E-state index in [-0.39, 0.29) is 29.2 Å². The van der Waals surface area contributed by atoms with Crippen LogP contribution in [-0.2, 0) is 16.1 Å². The molecule has 0 saturated carbocycles. The summed E-state index contributed by atoms with van der Waals surface area (Å²) in [5, 5.41) is 11.2. The molecule has 1 atom stereocenters. The number of carbonyl (C=O) groups is 2. The van der Waals surface area contributed by atoms with Gasteiger partial charge >= 0.3 is 5.97 Å². The summed E-state index contributed by atoms with van der Waals surface area (Å²) in [4.78, 5) is 27.4. The summed E-state index contributed by atoms with van der Waals surface area (Å²) in [5.41, 5.74) is 2.33. The Morgan fingerprint density at radius 1 is 1.38 bits per heavy atom. The fourth-order valence-corrected chi connectivity index (χ4v) is 4.53. The number of hydrogen-bond acceptors (Lipinski definition) is 6. The number of Topliss-reactive ketones (excluding diaryl/α,β-unsaturated/α-hetero) is 1. The van der Waals surface area contributed by atoms with Gasteiger partial charge in [-0.1, -0.05) is 29.8 Å². The van der Waals surface area contributed by atoms with E-state index in [1.54, 1.807) is 32.1 Å². The van der Waals surface area contributed by atoms with Gasteiger partial charge in [-0.3, -0.25) is 14.5 Å². The van der Waals surface area contributed by atoms with Crippen molar-refractivity contribution in [2.75, 3.05) is 19.7 Å². The van der Waals surface area contributed by atoms with Gasteiger partial charge in [0, 0.05) is 18.1 Å². The number of halogens is 1. The van der Waals surface area contributed by atoms with Crippen molar-refractivity contribution >= 4 is 29.4 Å². The smallest absolute Gasteiger partial charge is 0.310 e. The molecule has 0 radical (unpaired) electrons. The van der Waals surface area contributed by atoms with Gasteiger partial charge in [-0.2, -0.15) is 0 Å². The Labute approximate surface area is 192 Å². The lowest BCUT2D eigenvalue weighted by Gasteiger charge is -2.31. The summed E-state index contributed by atoms with van der Waals surface area (Å²) < 4.78 is 11.2. The second-order valence-corrected chi connectivity index (χ2v) is 8.59. The number of carbonyl (C=O) groups excluding carboxylic acids is 2. The van der Waals surface area contributed by atoms with Crippen LogP contribution in [-0.4, -0.2) is 41.5 Å². The van der Waals surface area contributed by atoms with Crippen LogP contribution >= 0.6 is 11.6 Å². The van der Waals surface area contributed by atoms with Crippen LogP contribution in [0.15, 0.2) is 36.1 Å². The Kier molecular flexibility index (Phi) is 6.53. The number of fused-ring (bicyclic) bond motifs is 1. The van der Waals surface area contributed by atoms with E-state index in [0.717, 1.165) is 19.4 Å². The molecule has 1 N–H and O–H groups in total. The maximum absolute atomic E-state index is 13.1. The van der Waals surface area contributed by atoms with Crippen molar-refractivity contribution in [1.29, 1.82) is 0 Å². The molecule has 168 valence electrons. The molecule has 2 aliphatic rings. The van der Waals surface area contributed by atoms with Gasteiger partial charge in [-0.05, 0) is 62.6 Å². The summed E-state index contributed by atoms with van der Waals surface area (Å²) in [5.74, 6) is 0.0117. The molecule has 0 spiro atoms. The van der Waals surface area contributed by atoms with Crippen LogP contribution in [0, 0.1) is 12.8 Å². The van der Waals surface area contributed by atoms with Crippen molar-refractivity contribution < 1.29 is 24.2 Å². The van der Waals surface area contributed by atoms with Gasteiger partial charge in [0.15, 0.2) is 5.76 Å². The fourth-order valence-electron chi connectivity index (χ4n) is 4.34. The van der Waals surface area contributed by atoms with Crippen LogP contribution in [0.1, 0.15) is 46.8 Å². The molecule has 2 aliphatic heterocycles. The monoisotopic (exact) mass is 455 g/mol. The molecular formula is C25H26ClNO5. The number of nitrogens with zero attached hydrogens (tertiary/aromatic N) is 1. The number of phenols is 1. The van der Waals surface area contributed by atoms with E-state index >= 15 is 0 Å². The predicted molar refractivity (Wildman–Crippen MR) is 122 cm³/mol. The van der Waals surface area contributed by atoms with Crippen LogP contribution in [0.2, 0.25) is 5.02 Å². The fraction of sp³-hybridized carbons (Fsp3) is 0.360. The normalized spacial score (nSPS) is 19.7. The maximum Gasteiger partial charge on any atom is 0.310 e. The zero-order chi connectivity index (χ0) is 22.8. The van der Waals surface area contributed by atoms with Crippen molar-refractivity contribution in [3.05, 3.63) is 63.4 Å². The van der Waals surface area contributed by atoms with E-state index < -0.39 is 0 Å². The Morgan fingerprint density at radius 2 is 2.16 bits per heavy atom. The van der Waals surface area contributed by atoms with Crippen LogP contribution in [0.25, 0.3) is 6.08 Å². The van der Waals surface area contributed by atoms with Gasteiger partial charge in [0.2, 0.25) is 5.78 Å². The molecule has 2 aromatic carbocycles. The third-order valence-corrected chi connectivity index (χ3v) is 6.26. The van der Waals surface area contributed by atoms with Gasteiger partial charge in [-0.25, -0.2) is 0 Å². The van der Waals surface area contributed by atoms with Crippen LogP contribution < -0.4 is 4.74 Å². The first-order valence-electron chi connectivity index (χ1n) is 10.8. The number of piperidine rings is 1. The van der Waals surface area contributed by atoms with Crippen LogP contribution in [0.3, 0.4) is 0 Å². The lowest BCUT2D eigenvalue weighted by atomic mass is 9.96. The van der Waals surface area contributed by atoms with E-state index in [4.69, 9.17) is 21.1 Å². The highest BCUT2D eigenvalue weighted by atomic mass is 35.5. The van der Waals surface area contributed by atoms with Gasteiger partial charge < -0.3 is 14.6 Å². The van der Waals surface area contributed by atoms with Crippen LogP contribution in [0.4, 0.5) is 0 Å². The number of esters is 1. The molecule has 0 aromatic heterocycles. The van der Waals surface area contributed by atoms with Crippen molar-refractivity contribution in [3.63, 3.8) is 0 Å². The van der Waals surface area contributed by atoms with E-state index in [2.05, 4.69) is 4.90 Å². The largest absolute Gasteiger partial charge is 0.507 e. The Morgan fingerprint density at radius 3 is 2.91 bits per heavy atom. The number of aromatic hydroxyl groups is 1. The number of allylic oxidation sites excluding steroid dienone is 1. The summed E-state index contributed by atoms with van der Waals surface area (Å²) in [6.45, 7) is 5.63. The van der Waals surface area contributed by atoms with Gasteiger partial charge in [-0.15, -0.1) is 0 Å². The molecule has 32 heavy (non-hydrogen) atoms. The SMILES string of the molecule is CCOC(=O)C1CCCN(Cc2c(O)cc(C)c3c2O/C(=C\c2ccccc2Cl)C3=O)C1. The lowest BCUT2D eigenvalue weighted by Crippen LogP contribution is -2.39. The zero-order valence-corrected chi connectivity index (χ0v) is 18.9. The van der Waals surface area contributed by atoms with Crippen molar-refractivity contribution in [2.45, 2.75) is 33.2 Å². The molecule has 0 aliphatic carbocycles. The minimum absolute atomic E-state index is 0.0753. The van der Waals surface area contributed by atoms with Gasteiger partial charge in [0.1, 0.15) is 11.5 Å². The first-order valence-corrected chi connectivity index (χ1v) is 11.2. The topological polar surface area (TPSA) is 76.1 Å². The standard InChI is InChI=1S/C25H26ClNO5/c1-3-31-25(30)17-8-6-10-27(13-17)14-18-20(28)11-15(2)22-23(29)21(32-24(18)22)12-16-7-4-5-9-19(16)26/h4-5,7,9,11-12,17,28H,3,6,8,10,13-14H2,1-2H3/b21-12-. The average Bonchev–Trinajstić information content (AvgIpc) is 3.09. The first-order chi connectivity index (χ1) is 15.4. The lowest BCUT2D eigenvalue weighted by molar-refractivity contribution is -0.150. The highest BCUT2D eigenvalue weighted by molar-refractivity contribution is 6.32. The number of aryl methyl sites for hydroxylation is 1. The van der Waals surface area contributed by atoms with Gasteiger partial charge in [0.05, 0.1) is 23.7 Å². The van der Waals surface area contributed by atoms with E-state index in [1.165, 1.54) is 0 Å². The minimum atomic E-state index is -0.235. The van der Waals surface area contributed by atoms with Crippen molar-refractivity contribution in [1.82, 2.24) is 4.90 Å². The number of ether oxygens (including phenoxy) is 2. The quantitative estimate of drug-likeness (QED) is 0.518. The Bertz CT molecular complexity index is 1090. The molecule has 1 unspecified atom stereocenters. The molecule has 1 saturated heterocycles. The number of hydrogen-bond donors (Lipinski definition) is 1. The molecule has 1 fully saturated rings. The molecule has 2 aromatic rings. The molecule has 4 rings (SSSR count). The molecule has 2 heterocycles. The van der Waals surface area contributed by atoms with Crippen LogP contribution in [0.5, 0.6) is 11.5 Å². The molecule has 6 nitrogen and oxygen atoms in total. The summed E-state index contributed by atoms with van der Waals surface area (Å²) in [7, 11) is 0. The van der Waals surface area contributed by atoms with E-state index in [9.17, 15) is 14.7 Å². The Hall–Kier alpha value is -2.83. The second-order valence-electron chi connectivity index (χ2n) is 8.18. The number of benzene rings is 2. The highest BCUT2D eigenvalue weighted by Gasteiger charge is 2.35. The summed E-state index contributed by atoms with van der Waals surface area (Å²) in [6, 6.07) is 8.81. The number of likely N-dealkylation sites (tertiary alicyclic amines) is 1. The van der Waals surface area contributed by atoms with Crippen molar-refractivity contribution in [3.8, 4) is 11.5 Å². The molecule has 0 amide bonds. The zero-order valence-electron chi connectivity index (χ0n) is 18.2. The van der Waals surface area contributed by atoms with Crippen molar-refractivity contribution in [2.24, 2.45) is 5.92 Å². The number of phenolic OH excluding ortho intramolecular Hbond substituents is 1. The highest BCUT2D eigenvalue weighted by Crippen LogP contribution is 2.43. The van der Waals surface area contributed by atoms with E-state index in [1.807, 2.05) is 18.2 Å². The third kappa shape index (κ3) is 4.38. The molecule has 7 heteroatoms. The first kappa shape index (κ1) is 22.4. The predicted octanol–water partition coefficient (Wildman–Crippen LogP) is 4.75. The summed E-state index contributed by atoms with van der Waals surface area (Å²) >= 11 is 6.24. The van der Waals surface area contributed by atoms with E-state index in [0.29, 0.717) is 52.7 Å². The number of ketones is 1. The Balaban J connectivity index is 1.62. The minimum Gasteiger partial charge on any atom is -0.507 e. The summed E-state index contributed by atoms with van der Waals surface area (Å²) in [6.07, 6.45) is 3.27. The molecule has 0 bridgehead atoms. The second kappa shape index (κ2) is 9.35. The van der Waals surface area contributed by atoms with Gasteiger partial charge in [0.25, 0.3) is 0 Å². The molecular weight excluding hydrogens is 430 g/mol. The number of rotatable bonds is 5. The maximum atomic E-state index is 13.1.